The summed E-state index contributed by atoms with van der Waals surface area (Å²) in [5.41, 5.74) is 3.55. The first-order valence-corrected chi connectivity index (χ1v) is 13.2. The summed E-state index contributed by atoms with van der Waals surface area (Å²) >= 11 is 7.51. The van der Waals surface area contributed by atoms with Crippen LogP contribution in [-0.2, 0) is 14.6 Å². The number of sulfone groups is 1. The van der Waals surface area contributed by atoms with Crippen molar-refractivity contribution in [1.29, 1.82) is 0 Å². The Hall–Kier alpha value is -2.23. The number of nitrogens with one attached hydrogen (secondary N) is 1. The Labute approximate surface area is 197 Å². The van der Waals surface area contributed by atoms with Gasteiger partial charge in [0.2, 0.25) is 5.91 Å². The minimum Gasteiger partial charge on any atom is -0.495 e. The molecule has 2 aromatic carbocycles. The highest BCUT2D eigenvalue weighted by atomic mass is 35.5. The van der Waals surface area contributed by atoms with E-state index >= 15 is 0 Å². The molecule has 0 bridgehead atoms. The lowest BCUT2D eigenvalue weighted by Gasteiger charge is -2.25. The van der Waals surface area contributed by atoms with Crippen LogP contribution in [0.15, 0.2) is 41.4 Å². The minimum absolute atomic E-state index is 0.0101. The monoisotopic (exact) mass is 493 g/mol. The Bertz CT molecular complexity index is 1200. The summed E-state index contributed by atoms with van der Waals surface area (Å²) in [4.78, 5) is 19.5. The van der Waals surface area contributed by atoms with Crippen LogP contribution in [0.2, 0.25) is 5.02 Å². The molecule has 2 aromatic rings. The smallest absolute Gasteiger partial charge is 0.244 e. The fourth-order valence-corrected chi connectivity index (χ4v) is 7.70. The van der Waals surface area contributed by atoms with Gasteiger partial charge in [0.15, 0.2) is 15.0 Å². The van der Waals surface area contributed by atoms with Crippen LogP contribution in [0.3, 0.4) is 0 Å². The van der Waals surface area contributed by atoms with Crippen LogP contribution < -0.4 is 15.0 Å². The number of amidine groups is 1. The summed E-state index contributed by atoms with van der Waals surface area (Å²) in [6, 6.07) is 10.7. The van der Waals surface area contributed by atoms with Crippen molar-refractivity contribution < 1.29 is 17.9 Å². The molecule has 2 heterocycles. The Kier molecular flexibility index (Phi) is 6.42. The van der Waals surface area contributed by atoms with Gasteiger partial charge in [-0.25, -0.2) is 8.42 Å². The molecule has 1 amide bonds. The van der Waals surface area contributed by atoms with E-state index in [1.54, 1.807) is 18.2 Å². The number of hydrogen-bond donors (Lipinski definition) is 1. The zero-order valence-corrected chi connectivity index (χ0v) is 20.4. The molecule has 2 atom stereocenters. The lowest BCUT2D eigenvalue weighted by Crippen LogP contribution is -2.36. The number of halogens is 1. The molecule has 4 rings (SSSR count). The SMILES string of the molecule is COc1ccc(Cl)cc1NC(=O)CN(C1=N[C@@H]2CS(=O)(=O)C[C@H]2S1)c1ccc(C)c(C)c1. The molecule has 0 aliphatic carbocycles. The maximum absolute atomic E-state index is 13.0. The number of fused-ring (bicyclic) bond motifs is 1. The van der Waals surface area contributed by atoms with Crippen LogP contribution in [0.5, 0.6) is 5.75 Å². The van der Waals surface area contributed by atoms with Gasteiger partial charge in [-0.2, -0.15) is 0 Å². The number of anilines is 2. The second-order valence-electron chi connectivity index (χ2n) is 7.96. The van der Waals surface area contributed by atoms with Crippen molar-refractivity contribution in [2.24, 2.45) is 4.99 Å². The zero-order valence-electron chi connectivity index (χ0n) is 18.0. The Morgan fingerprint density at radius 3 is 2.69 bits per heavy atom. The highest BCUT2D eigenvalue weighted by Gasteiger charge is 2.44. The van der Waals surface area contributed by atoms with E-state index in [0.717, 1.165) is 16.8 Å². The number of thioether (sulfide) groups is 1. The summed E-state index contributed by atoms with van der Waals surface area (Å²) in [6.45, 7) is 4.05. The predicted molar refractivity (Wildman–Crippen MR) is 131 cm³/mol. The van der Waals surface area contributed by atoms with Crippen LogP contribution in [0, 0.1) is 13.8 Å². The largest absolute Gasteiger partial charge is 0.495 e. The molecular weight excluding hydrogens is 470 g/mol. The number of nitrogens with zero attached hydrogens (tertiary/aromatic N) is 2. The highest BCUT2D eigenvalue weighted by molar-refractivity contribution is 8.15. The van der Waals surface area contributed by atoms with Crippen molar-refractivity contribution in [3.8, 4) is 5.75 Å². The number of methoxy groups -OCH3 is 1. The van der Waals surface area contributed by atoms with E-state index < -0.39 is 9.84 Å². The molecule has 0 saturated carbocycles. The molecule has 0 radical (unpaired) electrons. The number of hydrogen-bond acceptors (Lipinski definition) is 7. The van der Waals surface area contributed by atoms with Crippen LogP contribution >= 0.6 is 23.4 Å². The summed E-state index contributed by atoms with van der Waals surface area (Å²) < 4.78 is 29.2. The van der Waals surface area contributed by atoms with Gasteiger partial charge in [0.25, 0.3) is 0 Å². The van der Waals surface area contributed by atoms with Gasteiger partial charge in [-0.3, -0.25) is 9.79 Å². The molecule has 0 aromatic heterocycles. The number of aryl methyl sites for hydroxylation is 2. The third kappa shape index (κ3) is 4.89. The maximum atomic E-state index is 13.0. The maximum Gasteiger partial charge on any atom is 0.244 e. The molecule has 7 nitrogen and oxygen atoms in total. The summed E-state index contributed by atoms with van der Waals surface area (Å²) in [7, 11) is -1.53. The Morgan fingerprint density at radius 1 is 1.22 bits per heavy atom. The molecule has 170 valence electrons. The average Bonchev–Trinajstić information content (AvgIpc) is 3.22. The van der Waals surface area contributed by atoms with E-state index in [1.165, 1.54) is 18.9 Å². The number of amides is 1. The lowest BCUT2D eigenvalue weighted by molar-refractivity contribution is -0.114. The van der Waals surface area contributed by atoms with Gasteiger partial charge in [-0.15, -0.1) is 0 Å². The molecule has 0 unspecified atom stereocenters. The van der Waals surface area contributed by atoms with E-state index in [0.29, 0.717) is 21.6 Å². The van der Waals surface area contributed by atoms with Gasteiger partial charge in [0.1, 0.15) is 12.3 Å². The molecule has 1 saturated heterocycles. The fourth-order valence-electron chi connectivity index (χ4n) is 3.74. The van der Waals surface area contributed by atoms with Crippen molar-refractivity contribution >= 4 is 55.6 Å². The van der Waals surface area contributed by atoms with Gasteiger partial charge < -0.3 is 15.0 Å². The van der Waals surface area contributed by atoms with E-state index in [4.69, 9.17) is 16.3 Å². The van der Waals surface area contributed by atoms with Crippen molar-refractivity contribution in [2.75, 3.05) is 35.4 Å². The van der Waals surface area contributed by atoms with Crippen molar-refractivity contribution in [1.82, 2.24) is 0 Å². The number of rotatable bonds is 5. The molecular formula is C22H24ClN3O4S2. The second-order valence-corrected chi connectivity index (χ2v) is 11.8. The molecule has 10 heteroatoms. The van der Waals surface area contributed by atoms with Crippen molar-refractivity contribution in [3.63, 3.8) is 0 Å². The highest BCUT2D eigenvalue weighted by Crippen LogP contribution is 2.37. The van der Waals surface area contributed by atoms with Gasteiger partial charge in [-0.05, 0) is 55.3 Å². The topological polar surface area (TPSA) is 88.1 Å². The van der Waals surface area contributed by atoms with Crippen LogP contribution in [-0.4, -0.2) is 55.9 Å². The molecule has 1 fully saturated rings. The van der Waals surface area contributed by atoms with Gasteiger partial charge >= 0.3 is 0 Å². The van der Waals surface area contributed by atoms with Crippen molar-refractivity contribution in [3.05, 3.63) is 52.5 Å². The van der Waals surface area contributed by atoms with E-state index in [2.05, 4.69) is 10.3 Å². The van der Waals surface area contributed by atoms with Gasteiger partial charge in [0, 0.05) is 16.0 Å². The van der Waals surface area contributed by atoms with E-state index in [9.17, 15) is 13.2 Å². The number of aliphatic imine (C=N–C) groups is 1. The first kappa shape index (κ1) is 22.9. The van der Waals surface area contributed by atoms with Gasteiger partial charge in [-0.1, -0.05) is 29.4 Å². The van der Waals surface area contributed by atoms with Crippen LogP contribution in [0.1, 0.15) is 11.1 Å². The first-order valence-electron chi connectivity index (χ1n) is 10.1. The summed E-state index contributed by atoms with van der Waals surface area (Å²) in [6.07, 6.45) is 0. The van der Waals surface area contributed by atoms with Crippen LogP contribution in [0.4, 0.5) is 11.4 Å². The van der Waals surface area contributed by atoms with E-state index in [1.807, 2.05) is 36.9 Å². The Morgan fingerprint density at radius 2 is 2.00 bits per heavy atom. The standard InChI is InChI=1S/C22H24ClN3O4S2/c1-13-4-6-16(8-14(13)2)26(22-25-18-11-32(28,29)12-20(18)31-22)10-21(27)24-17-9-15(23)5-7-19(17)30-3/h4-9,18,20H,10-12H2,1-3H3,(H,24,27)/t18-,20-/m1/s1. The normalized spacial score (nSPS) is 21.1. The summed E-state index contributed by atoms with van der Waals surface area (Å²) in [5.74, 6) is 0.410. The van der Waals surface area contributed by atoms with Crippen molar-refractivity contribution in [2.45, 2.75) is 25.1 Å². The van der Waals surface area contributed by atoms with Crippen LogP contribution in [0.25, 0.3) is 0 Å². The predicted octanol–water partition coefficient (Wildman–Crippen LogP) is 3.68. The second kappa shape index (κ2) is 8.96. The molecule has 2 aliphatic heterocycles. The molecule has 1 N–H and O–H groups in total. The third-order valence-electron chi connectivity index (χ3n) is 5.58. The summed E-state index contributed by atoms with van der Waals surface area (Å²) in [5, 5.41) is 3.90. The third-order valence-corrected chi connectivity index (χ3v) is 9.06. The minimum atomic E-state index is -3.06. The molecule has 0 spiro atoms. The number of ether oxygens (including phenoxy) is 1. The molecule has 32 heavy (non-hydrogen) atoms. The number of carbonyl (C=O) groups excluding carboxylic acids is 1. The van der Waals surface area contributed by atoms with Gasteiger partial charge in [0.05, 0.1) is 30.3 Å². The lowest BCUT2D eigenvalue weighted by atomic mass is 10.1. The number of benzene rings is 2. The average molecular weight is 494 g/mol. The first-order chi connectivity index (χ1) is 15.1. The fraction of sp³-hybridized carbons (Fsp3) is 0.364. The number of carbonyl (C=O) groups is 1. The molecule has 2 aliphatic rings. The Balaban J connectivity index is 1.61. The van der Waals surface area contributed by atoms with E-state index in [-0.39, 0.29) is 35.2 Å². The zero-order chi connectivity index (χ0) is 23.0. The quantitative estimate of drug-likeness (QED) is 0.683.